The molecule has 0 amide bonds. The van der Waals surface area contributed by atoms with E-state index in [1.54, 1.807) is 18.4 Å². The molecule has 0 radical (unpaired) electrons. The van der Waals surface area contributed by atoms with Crippen LogP contribution in [0.25, 0.3) is 0 Å². The van der Waals surface area contributed by atoms with Gasteiger partial charge >= 0.3 is 0 Å². The molecule has 1 aromatic carbocycles. The van der Waals surface area contributed by atoms with Crippen molar-refractivity contribution >= 4 is 38.9 Å². The topological polar surface area (TPSA) is 12.0 Å². The lowest BCUT2D eigenvalue weighted by molar-refractivity contribution is 0.558. The molecular weight excluding hydrogens is 356 g/mol. The molecule has 0 saturated heterocycles. The second-order valence-corrected chi connectivity index (χ2v) is 7.11. The van der Waals surface area contributed by atoms with Gasteiger partial charge in [-0.15, -0.1) is 11.3 Å². The van der Waals surface area contributed by atoms with Gasteiger partial charge in [0.1, 0.15) is 11.6 Å². The zero-order valence-electron chi connectivity index (χ0n) is 10.2. The summed E-state index contributed by atoms with van der Waals surface area (Å²) >= 11 is 10.5. The Balaban J connectivity index is 2.54. The molecule has 6 heteroatoms. The molecule has 19 heavy (non-hydrogen) atoms. The molecule has 0 bridgehead atoms. The minimum absolute atomic E-state index is 0.209. The predicted octanol–water partition coefficient (Wildman–Crippen LogP) is 5.06. The van der Waals surface area contributed by atoms with Crippen molar-refractivity contribution in [2.75, 3.05) is 7.05 Å². The van der Waals surface area contributed by atoms with Gasteiger partial charge in [0.25, 0.3) is 0 Å². The standard InChI is InChI=1S/C13H11BrClF2NS/c1-6-7(4-12(14)19-6)13(18-2)8-3-11(17)9(15)5-10(8)16/h3-5,13,18H,1-2H3. The van der Waals surface area contributed by atoms with Crippen molar-refractivity contribution < 1.29 is 8.78 Å². The summed E-state index contributed by atoms with van der Waals surface area (Å²) in [5.41, 5.74) is 1.16. The van der Waals surface area contributed by atoms with E-state index in [0.29, 0.717) is 0 Å². The van der Waals surface area contributed by atoms with Crippen LogP contribution in [0.4, 0.5) is 8.78 Å². The highest BCUT2D eigenvalue weighted by Crippen LogP contribution is 2.35. The van der Waals surface area contributed by atoms with Crippen LogP contribution in [0.5, 0.6) is 0 Å². The minimum atomic E-state index is -0.620. The summed E-state index contributed by atoms with van der Waals surface area (Å²) < 4.78 is 28.5. The number of halogens is 4. The number of benzene rings is 1. The van der Waals surface area contributed by atoms with Crippen LogP contribution in [-0.2, 0) is 0 Å². The van der Waals surface area contributed by atoms with Gasteiger partial charge in [-0.25, -0.2) is 8.78 Å². The fourth-order valence-corrected chi connectivity index (χ4v) is 3.88. The monoisotopic (exact) mass is 365 g/mol. The third-order valence-corrected chi connectivity index (χ3v) is 4.74. The highest BCUT2D eigenvalue weighted by molar-refractivity contribution is 9.11. The lowest BCUT2D eigenvalue weighted by atomic mass is 9.99. The van der Waals surface area contributed by atoms with E-state index in [1.165, 1.54) is 0 Å². The second-order valence-electron chi connectivity index (χ2n) is 4.07. The fourth-order valence-electron chi connectivity index (χ4n) is 1.98. The smallest absolute Gasteiger partial charge is 0.142 e. The number of rotatable bonds is 3. The first-order valence-corrected chi connectivity index (χ1v) is 7.50. The molecule has 0 aliphatic heterocycles. The van der Waals surface area contributed by atoms with Crippen molar-refractivity contribution in [3.8, 4) is 0 Å². The van der Waals surface area contributed by atoms with Gasteiger partial charge in [-0.3, -0.25) is 0 Å². The molecule has 0 saturated carbocycles. The Morgan fingerprint density at radius 3 is 2.42 bits per heavy atom. The molecule has 0 aliphatic carbocycles. The van der Waals surface area contributed by atoms with Gasteiger partial charge in [0.2, 0.25) is 0 Å². The summed E-state index contributed by atoms with van der Waals surface area (Å²) in [7, 11) is 1.71. The molecule has 0 fully saturated rings. The Morgan fingerprint density at radius 1 is 1.21 bits per heavy atom. The lowest BCUT2D eigenvalue weighted by Gasteiger charge is -2.18. The molecule has 102 valence electrons. The Morgan fingerprint density at radius 2 is 1.89 bits per heavy atom. The van der Waals surface area contributed by atoms with Crippen molar-refractivity contribution in [2.45, 2.75) is 13.0 Å². The van der Waals surface area contributed by atoms with Gasteiger partial charge < -0.3 is 5.32 Å². The maximum absolute atomic E-state index is 14.0. The summed E-state index contributed by atoms with van der Waals surface area (Å²) in [6, 6.07) is 3.65. The summed E-state index contributed by atoms with van der Waals surface area (Å²) in [4.78, 5) is 1.04. The van der Waals surface area contributed by atoms with Gasteiger partial charge in [-0.2, -0.15) is 0 Å². The van der Waals surface area contributed by atoms with Crippen LogP contribution >= 0.6 is 38.9 Å². The van der Waals surface area contributed by atoms with Gasteiger partial charge in [0.05, 0.1) is 14.9 Å². The summed E-state index contributed by atoms with van der Waals surface area (Å²) in [6.07, 6.45) is 0. The number of nitrogens with one attached hydrogen (secondary N) is 1. The normalized spacial score (nSPS) is 12.7. The molecule has 2 aromatic rings. The number of hydrogen-bond donors (Lipinski definition) is 1. The van der Waals surface area contributed by atoms with E-state index in [0.717, 1.165) is 26.4 Å². The largest absolute Gasteiger partial charge is 0.309 e. The van der Waals surface area contributed by atoms with Crippen molar-refractivity contribution in [3.05, 3.63) is 54.6 Å². The molecule has 1 heterocycles. The van der Waals surface area contributed by atoms with E-state index in [9.17, 15) is 8.78 Å². The van der Waals surface area contributed by atoms with Gasteiger partial charge in [-0.05, 0) is 53.7 Å². The van der Waals surface area contributed by atoms with Crippen LogP contribution in [0, 0.1) is 18.6 Å². The minimum Gasteiger partial charge on any atom is -0.309 e. The van der Waals surface area contributed by atoms with Crippen molar-refractivity contribution in [2.24, 2.45) is 0 Å². The Labute approximate surface area is 127 Å². The van der Waals surface area contributed by atoms with Crippen molar-refractivity contribution in [1.82, 2.24) is 5.32 Å². The predicted molar refractivity (Wildman–Crippen MR) is 79.0 cm³/mol. The molecular formula is C13H11BrClF2NS. The van der Waals surface area contributed by atoms with Crippen LogP contribution in [0.2, 0.25) is 5.02 Å². The van der Waals surface area contributed by atoms with E-state index < -0.39 is 17.7 Å². The van der Waals surface area contributed by atoms with Crippen LogP contribution in [0.1, 0.15) is 22.0 Å². The molecule has 1 aromatic heterocycles. The molecule has 2 rings (SSSR count). The van der Waals surface area contributed by atoms with Gasteiger partial charge in [-0.1, -0.05) is 11.6 Å². The van der Waals surface area contributed by atoms with Crippen LogP contribution in [0.15, 0.2) is 22.0 Å². The zero-order valence-corrected chi connectivity index (χ0v) is 13.4. The molecule has 1 N–H and O–H groups in total. The molecule has 1 nitrogen and oxygen atoms in total. The van der Waals surface area contributed by atoms with E-state index in [1.807, 2.05) is 13.0 Å². The maximum atomic E-state index is 14.0. The fraction of sp³-hybridized carbons (Fsp3) is 0.231. The Hall–Kier alpha value is -0.490. The molecule has 0 aliphatic rings. The van der Waals surface area contributed by atoms with Crippen LogP contribution in [-0.4, -0.2) is 7.05 Å². The molecule has 1 unspecified atom stereocenters. The van der Waals surface area contributed by atoms with Crippen LogP contribution in [0.3, 0.4) is 0 Å². The van der Waals surface area contributed by atoms with Gasteiger partial charge in [0, 0.05) is 10.4 Å². The van der Waals surface area contributed by atoms with Crippen LogP contribution < -0.4 is 5.32 Å². The van der Waals surface area contributed by atoms with Crippen molar-refractivity contribution in [1.29, 1.82) is 0 Å². The van der Waals surface area contributed by atoms with E-state index >= 15 is 0 Å². The number of thiophene rings is 1. The first-order valence-electron chi connectivity index (χ1n) is 5.51. The number of hydrogen-bond acceptors (Lipinski definition) is 2. The summed E-state index contributed by atoms with van der Waals surface area (Å²) in [5, 5.41) is 2.80. The second kappa shape index (κ2) is 5.87. The zero-order chi connectivity index (χ0) is 14.2. The maximum Gasteiger partial charge on any atom is 0.142 e. The molecule has 0 spiro atoms. The summed E-state index contributed by atoms with van der Waals surface area (Å²) in [6.45, 7) is 1.94. The average Bonchev–Trinajstić information content (AvgIpc) is 2.66. The van der Waals surface area contributed by atoms with E-state index in [2.05, 4.69) is 21.2 Å². The third kappa shape index (κ3) is 2.99. The van der Waals surface area contributed by atoms with E-state index in [-0.39, 0.29) is 10.6 Å². The highest BCUT2D eigenvalue weighted by atomic mass is 79.9. The Bertz CT molecular complexity index is 615. The average molecular weight is 367 g/mol. The van der Waals surface area contributed by atoms with Crippen molar-refractivity contribution in [3.63, 3.8) is 0 Å². The number of aryl methyl sites for hydroxylation is 1. The molecule has 1 atom stereocenters. The third-order valence-electron chi connectivity index (χ3n) is 2.88. The lowest BCUT2D eigenvalue weighted by Crippen LogP contribution is -2.19. The first-order chi connectivity index (χ1) is 8.93. The van der Waals surface area contributed by atoms with E-state index in [4.69, 9.17) is 11.6 Å². The highest BCUT2D eigenvalue weighted by Gasteiger charge is 2.21. The quantitative estimate of drug-likeness (QED) is 0.749. The first kappa shape index (κ1) is 14.9. The Kier molecular flexibility index (Phi) is 4.61. The SMILES string of the molecule is CNC(c1cc(F)c(Cl)cc1F)c1cc(Br)sc1C. The summed E-state index contributed by atoms with van der Waals surface area (Å²) in [5.74, 6) is -1.14. The van der Waals surface area contributed by atoms with Gasteiger partial charge in [0.15, 0.2) is 0 Å².